The topological polar surface area (TPSA) is 78.3 Å². The quantitative estimate of drug-likeness (QED) is 0.584. The monoisotopic (exact) mass is 398 g/mol. The third-order valence-corrected chi connectivity index (χ3v) is 5.13. The first-order valence-electron chi connectivity index (χ1n) is 8.72. The maximum atomic E-state index is 12.3. The molecule has 1 N–H and O–H groups in total. The van der Waals surface area contributed by atoms with Crippen LogP contribution in [0.15, 0.2) is 53.7 Å². The summed E-state index contributed by atoms with van der Waals surface area (Å²) in [7, 11) is 5.06. The zero-order chi connectivity index (χ0) is 19.9. The predicted molar refractivity (Wildman–Crippen MR) is 110 cm³/mol. The second kappa shape index (κ2) is 9.27. The van der Waals surface area contributed by atoms with E-state index >= 15 is 0 Å². The van der Waals surface area contributed by atoms with Crippen LogP contribution in [0.3, 0.4) is 0 Å². The smallest absolute Gasteiger partial charge is 0.225 e. The molecule has 0 atom stereocenters. The molecule has 0 unspecified atom stereocenters. The molecular formula is C20H22N4O3S. The number of hydrogen-bond donors (Lipinski definition) is 1. The summed E-state index contributed by atoms with van der Waals surface area (Å²) in [6, 6.07) is 15.2. The Morgan fingerprint density at radius 1 is 1.11 bits per heavy atom. The molecule has 1 aromatic heterocycles. The van der Waals surface area contributed by atoms with Crippen LogP contribution in [0.2, 0.25) is 0 Å². The van der Waals surface area contributed by atoms with E-state index < -0.39 is 0 Å². The number of anilines is 1. The van der Waals surface area contributed by atoms with Gasteiger partial charge in [0.05, 0.1) is 19.9 Å². The second-order valence-corrected chi connectivity index (χ2v) is 7.01. The van der Waals surface area contributed by atoms with Gasteiger partial charge in [0.2, 0.25) is 5.91 Å². The number of ether oxygens (including phenoxy) is 2. The van der Waals surface area contributed by atoms with Gasteiger partial charge >= 0.3 is 0 Å². The van der Waals surface area contributed by atoms with Gasteiger partial charge in [-0.05, 0) is 12.1 Å². The van der Waals surface area contributed by atoms with Gasteiger partial charge in [0.1, 0.15) is 11.5 Å². The van der Waals surface area contributed by atoms with Crippen LogP contribution in [-0.2, 0) is 11.8 Å². The minimum atomic E-state index is -0.107. The summed E-state index contributed by atoms with van der Waals surface area (Å²) < 4.78 is 12.4. The molecule has 8 heteroatoms. The van der Waals surface area contributed by atoms with Gasteiger partial charge in [0, 0.05) is 30.9 Å². The van der Waals surface area contributed by atoms with Crippen molar-refractivity contribution >= 4 is 23.4 Å². The minimum absolute atomic E-state index is 0.107. The molecule has 0 saturated carbocycles. The van der Waals surface area contributed by atoms with E-state index in [1.54, 1.807) is 32.4 Å². The third kappa shape index (κ3) is 4.64. The SMILES string of the molecule is COc1ccc(OC)c(NC(=O)CCSc2nnc(-c3ccccc3)n2C)c1. The van der Waals surface area contributed by atoms with Crippen molar-refractivity contribution in [2.45, 2.75) is 11.6 Å². The van der Waals surface area contributed by atoms with Crippen molar-refractivity contribution < 1.29 is 14.3 Å². The first-order valence-corrected chi connectivity index (χ1v) is 9.70. The second-order valence-electron chi connectivity index (χ2n) is 5.94. The molecule has 1 heterocycles. The molecule has 7 nitrogen and oxygen atoms in total. The molecule has 0 aliphatic rings. The van der Waals surface area contributed by atoms with E-state index in [2.05, 4.69) is 15.5 Å². The summed E-state index contributed by atoms with van der Waals surface area (Å²) in [5.41, 5.74) is 1.59. The third-order valence-electron chi connectivity index (χ3n) is 4.11. The van der Waals surface area contributed by atoms with E-state index in [1.807, 2.05) is 41.9 Å². The summed E-state index contributed by atoms with van der Waals surface area (Å²) in [4.78, 5) is 12.3. The number of carbonyl (C=O) groups is 1. The fourth-order valence-corrected chi connectivity index (χ4v) is 3.49. The van der Waals surface area contributed by atoms with Crippen LogP contribution in [0.25, 0.3) is 11.4 Å². The highest BCUT2D eigenvalue weighted by atomic mass is 32.2. The number of aromatic nitrogens is 3. The van der Waals surface area contributed by atoms with Crippen LogP contribution in [0.1, 0.15) is 6.42 Å². The van der Waals surface area contributed by atoms with E-state index in [1.165, 1.54) is 11.8 Å². The molecule has 146 valence electrons. The molecule has 1 amide bonds. The van der Waals surface area contributed by atoms with Crippen LogP contribution in [0.5, 0.6) is 11.5 Å². The molecule has 0 aliphatic heterocycles. The van der Waals surface area contributed by atoms with E-state index in [-0.39, 0.29) is 5.91 Å². The van der Waals surface area contributed by atoms with Crippen LogP contribution in [-0.4, -0.2) is 40.6 Å². The maximum Gasteiger partial charge on any atom is 0.225 e. The van der Waals surface area contributed by atoms with Gasteiger partial charge in [0.25, 0.3) is 0 Å². The summed E-state index contributed by atoms with van der Waals surface area (Å²) >= 11 is 1.49. The number of nitrogens with one attached hydrogen (secondary N) is 1. The predicted octanol–water partition coefficient (Wildman–Crippen LogP) is 3.62. The molecule has 0 bridgehead atoms. The number of rotatable bonds is 8. The first-order chi connectivity index (χ1) is 13.6. The van der Waals surface area contributed by atoms with Crippen molar-refractivity contribution in [2.75, 3.05) is 25.3 Å². The van der Waals surface area contributed by atoms with E-state index in [0.717, 1.165) is 16.5 Å². The number of methoxy groups -OCH3 is 2. The highest BCUT2D eigenvalue weighted by Crippen LogP contribution is 2.29. The Morgan fingerprint density at radius 2 is 1.89 bits per heavy atom. The van der Waals surface area contributed by atoms with Gasteiger partial charge in [-0.1, -0.05) is 42.1 Å². The van der Waals surface area contributed by atoms with Crippen molar-refractivity contribution in [1.82, 2.24) is 14.8 Å². The highest BCUT2D eigenvalue weighted by Gasteiger charge is 2.13. The summed E-state index contributed by atoms with van der Waals surface area (Å²) in [5.74, 6) is 2.51. The number of nitrogens with zero attached hydrogens (tertiary/aromatic N) is 3. The Bertz CT molecular complexity index is 944. The van der Waals surface area contributed by atoms with E-state index in [9.17, 15) is 4.79 Å². The molecule has 0 fully saturated rings. The van der Waals surface area contributed by atoms with Gasteiger partial charge in [-0.25, -0.2) is 0 Å². The summed E-state index contributed by atoms with van der Waals surface area (Å²) in [6.45, 7) is 0. The minimum Gasteiger partial charge on any atom is -0.497 e. The van der Waals surface area contributed by atoms with Gasteiger partial charge in [-0.3, -0.25) is 4.79 Å². The van der Waals surface area contributed by atoms with Crippen molar-refractivity contribution in [1.29, 1.82) is 0 Å². The Kier molecular flexibility index (Phi) is 6.54. The fourth-order valence-electron chi connectivity index (χ4n) is 2.64. The molecule has 28 heavy (non-hydrogen) atoms. The van der Waals surface area contributed by atoms with Crippen LogP contribution < -0.4 is 14.8 Å². The van der Waals surface area contributed by atoms with Crippen molar-refractivity contribution in [3.8, 4) is 22.9 Å². The number of hydrogen-bond acceptors (Lipinski definition) is 6. The number of benzene rings is 2. The molecule has 0 aliphatic carbocycles. The van der Waals surface area contributed by atoms with Gasteiger partial charge in [-0.2, -0.15) is 0 Å². The summed E-state index contributed by atoms with van der Waals surface area (Å²) in [5, 5.41) is 12.1. The Morgan fingerprint density at radius 3 is 2.61 bits per heavy atom. The lowest BCUT2D eigenvalue weighted by atomic mass is 10.2. The van der Waals surface area contributed by atoms with Crippen molar-refractivity contribution in [3.63, 3.8) is 0 Å². The molecule has 3 rings (SSSR count). The van der Waals surface area contributed by atoms with Crippen LogP contribution in [0.4, 0.5) is 5.69 Å². The largest absolute Gasteiger partial charge is 0.497 e. The van der Waals surface area contributed by atoms with Gasteiger partial charge in [-0.15, -0.1) is 10.2 Å². The van der Waals surface area contributed by atoms with E-state index in [0.29, 0.717) is 29.4 Å². The summed E-state index contributed by atoms with van der Waals surface area (Å²) in [6.07, 6.45) is 0.332. The Labute approximate surface area is 168 Å². The zero-order valence-electron chi connectivity index (χ0n) is 16.0. The molecule has 2 aromatic carbocycles. The Balaban J connectivity index is 1.57. The van der Waals surface area contributed by atoms with Crippen molar-refractivity contribution in [3.05, 3.63) is 48.5 Å². The molecule has 3 aromatic rings. The average Bonchev–Trinajstić information content (AvgIpc) is 3.09. The fraction of sp³-hybridized carbons (Fsp3) is 0.250. The molecule has 0 spiro atoms. The number of amides is 1. The molecule has 0 saturated heterocycles. The molecular weight excluding hydrogens is 376 g/mol. The van der Waals surface area contributed by atoms with Crippen LogP contribution in [0, 0.1) is 0 Å². The number of thioether (sulfide) groups is 1. The first kappa shape index (κ1) is 19.8. The Hall–Kier alpha value is -3.00. The van der Waals surface area contributed by atoms with Gasteiger partial charge in [0.15, 0.2) is 11.0 Å². The number of carbonyl (C=O) groups excluding carboxylic acids is 1. The normalized spacial score (nSPS) is 10.5. The lowest BCUT2D eigenvalue weighted by molar-refractivity contribution is -0.115. The zero-order valence-corrected chi connectivity index (χ0v) is 16.8. The van der Waals surface area contributed by atoms with E-state index in [4.69, 9.17) is 9.47 Å². The van der Waals surface area contributed by atoms with Gasteiger partial charge < -0.3 is 19.4 Å². The van der Waals surface area contributed by atoms with Crippen molar-refractivity contribution in [2.24, 2.45) is 7.05 Å². The van der Waals surface area contributed by atoms with Crippen LogP contribution >= 0.6 is 11.8 Å². The standard InChI is InChI=1S/C20H22N4O3S/c1-24-19(14-7-5-4-6-8-14)22-23-20(24)28-12-11-18(25)21-16-13-15(26-2)9-10-17(16)27-3/h4-10,13H,11-12H2,1-3H3,(H,21,25). The lowest BCUT2D eigenvalue weighted by Crippen LogP contribution is -2.13. The highest BCUT2D eigenvalue weighted by molar-refractivity contribution is 7.99. The lowest BCUT2D eigenvalue weighted by Gasteiger charge is -2.11. The maximum absolute atomic E-state index is 12.3. The average molecular weight is 398 g/mol. The molecule has 0 radical (unpaired) electrons.